The van der Waals surface area contributed by atoms with Crippen LogP contribution < -0.4 is 20.1 Å². The molecule has 0 aliphatic rings. The topological polar surface area (TPSA) is 105 Å². The number of methoxy groups -OCH3 is 2. The molecule has 0 saturated carbocycles. The maximum absolute atomic E-state index is 12.4. The van der Waals surface area contributed by atoms with Gasteiger partial charge in [-0.1, -0.05) is 37.3 Å². The fraction of sp³-hybridized carbons (Fsp3) is 0.261. The molecule has 0 aliphatic carbocycles. The van der Waals surface area contributed by atoms with Gasteiger partial charge in [0.15, 0.2) is 11.5 Å². The number of amides is 2. The number of nitrogens with one attached hydrogen (secondary N) is 3. The molecular formula is C23H26N4O4. The van der Waals surface area contributed by atoms with Crippen LogP contribution >= 0.6 is 0 Å². The molecular weight excluding hydrogens is 396 g/mol. The van der Waals surface area contributed by atoms with Crippen LogP contribution in [0.2, 0.25) is 0 Å². The molecule has 0 spiro atoms. The zero-order chi connectivity index (χ0) is 22.2. The van der Waals surface area contributed by atoms with E-state index in [0.29, 0.717) is 29.3 Å². The molecule has 2 amide bonds. The first kappa shape index (κ1) is 21.9. The van der Waals surface area contributed by atoms with Crippen molar-refractivity contribution in [3.05, 3.63) is 66.1 Å². The normalized spacial score (nSPS) is 11.5. The average Bonchev–Trinajstić information content (AvgIpc) is 3.31. The van der Waals surface area contributed by atoms with Gasteiger partial charge in [-0.25, -0.2) is 4.98 Å². The summed E-state index contributed by atoms with van der Waals surface area (Å²) in [5, 5.41) is 5.52. The van der Waals surface area contributed by atoms with E-state index in [1.165, 1.54) is 14.2 Å². The Bertz CT molecular complexity index is 1030. The van der Waals surface area contributed by atoms with E-state index in [2.05, 4.69) is 20.6 Å². The number of aromatic nitrogens is 2. The van der Waals surface area contributed by atoms with Gasteiger partial charge in [-0.05, 0) is 30.2 Å². The fourth-order valence-electron chi connectivity index (χ4n) is 3.13. The molecule has 8 nitrogen and oxygen atoms in total. The van der Waals surface area contributed by atoms with Gasteiger partial charge in [-0.15, -0.1) is 0 Å². The van der Waals surface area contributed by atoms with Crippen molar-refractivity contribution < 1.29 is 19.1 Å². The summed E-state index contributed by atoms with van der Waals surface area (Å²) in [4.78, 5) is 32.5. The summed E-state index contributed by atoms with van der Waals surface area (Å²) in [6, 6.07) is 14.4. The lowest BCUT2D eigenvalue weighted by atomic mass is 10.2. The summed E-state index contributed by atoms with van der Waals surface area (Å²) < 4.78 is 10.4. The van der Waals surface area contributed by atoms with E-state index < -0.39 is 0 Å². The van der Waals surface area contributed by atoms with Crippen molar-refractivity contribution >= 4 is 11.8 Å². The monoisotopic (exact) mass is 422 g/mol. The number of benzene rings is 2. The molecule has 2 aromatic carbocycles. The predicted molar refractivity (Wildman–Crippen MR) is 117 cm³/mol. The van der Waals surface area contributed by atoms with Crippen molar-refractivity contribution in [2.75, 3.05) is 20.8 Å². The van der Waals surface area contributed by atoms with Crippen molar-refractivity contribution in [2.24, 2.45) is 0 Å². The van der Waals surface area contributed by atoms with Crippen LogP contribution in [0.15, 0.2) is 54.7 Å². The molecule has 0 fully saturated rings. The van der Waals surface area contributed by atoms with Gasteiger partial charge in [0.1, 0.15) is 5.82 Å². The van der Waals surface area contributed by atoms with Crippen LogP contribution in [0.25, 0.3) is 11.3 Å². The SMILES string of the molecule is CCC(NC(=O)CNC(=O)c1ccc(OC)c(OC)c1)c1ncc(-c2ccccc2)[nH]1. The van der Waals surface area contributed by atoms with Gasteiger partial charge in [-0.2, -0.15) is 0 Å². The van der Waals surface area contributed by atoms with E-state index in [0.717, 1.165) is 11.3 Å². The quantitative estimate of drug-likeness (QED) is 0.491. The second kappa shape index (κ2) is 10.3. The number of rotatable bonds is 9. The van der Waals surface area contributed by atoms with Crippen LogP contribution in [0, 0.1) is 0 Å². The summed E-state index contributed by atoms with van der Waals surface area (Å²) >= 11 is 0. The Kier molecular flexibility index (Phi) is 7.26. The number of nitrogens with zero attached hydrogens (tertiary/aromatic N) is 1. The van der Waals surface area contributed by atoms with Gasteiger partial charge in [0.2, 0.25) is 5.91 Å². The summed E-state index contributed by atoms with van der Waals surface area (Å²) in [5.74, 6) is 0.946. The van der Waals surface area contributed by atoms with Gasteiger partial charge in [0, 0.05) is 5.56 Å². The molecule has 0 aliphatic heterocycles. The second-order valence-electron chi connectivity index (χ2n) is 6.83. The van der Waals surface area contributed by atoms with Gasteiger partial charge in [0.05, 0.1) is 38.7 Å². The van der Waals surface area contributed by atoms with E-state index in [9.17, 15) is 9.59 Å². The van der Waals surface area contributed by atoms with Gasteiger partial charge in [-0.3, -0.25) is 9.59 Å². The Morgan fingerprint density at radius 3 is 2.48 bits per heavy atom. The number of hydrogen-bond acceptors (Lipinski definition) is 5. The summed E-state index contributed by atoms with van der Waals surface area (Å²) in [6.07, 6.45) is 2.40. The Hall–Kier alpha value is -3.81. The zero-order valence-electron chi connectivity index (χ0n) is 17.8. The highest BCUT2D eigenvalue weighted by molar-refractivity contribution is 5.97. The minimum Gasteiger partial charge on any atom is -0.493 e. The molecule has 31 heavy (non-hydrogen) atoms. The van der Waals surface area contributed by atoms with E-state index in [4.69, 9.17) is 9.47 Å². The third-order valence-electron chi connectivity index (χ3n) is 4.81. The van der Waals surface area contributed by atoms with Crippen molar-refractivity contribution in [1.82, 2.24) is 20.6 Å². The average molecular weight is 422 g/mol. The van der Waals surface area contributed by atoms with Crippen molar-refractivity contribution in [3.8, 4) is 22.8 Å². The first-order valence-corrected chi connectivity index (χ1v) is 9.95. The molecule has 3 N–H and O–H groups in total. The first-order valence-electron chi connectivity index (χ1n) is 9.95. The molecule has 0 saturated heterocycles. The lowest BCUT2D eigenvalue weighted by Crippen LogP contribution is -2.38. The lowest BCUT2D eigenvalue weighted by Gasteiger charge is -2.15. The van der Waals surface area contributed by atoms with Crippen LogP contribution in [-0.4, -0.2) is 42.5 Å². The predicted octanol–water partition coefficient (Wildman–Crippen LogP) is 3.09. The highest BCUT2D eigenvalue weighted by Gasteiger charge is 2.17. The molecule has 1 heterocycles. The smallest absolute Gasteiger partial charge is 0.251 e. The number of ether oxygens (including phenoxy) is 2. The molecule has 8 heteroatoms. The van der Waals surface area contributed by atoms with Crippen LogP contribution in [0.5, 0.6) is 11.5 Å². The Balaban J connectivity index is 1.58. The zero-order valence-corrected chi connectivity index (χ0v) is 17.8. The maximum atomic E-state index is 12.4. The van der Waals surface area contributed by atoms with Crippen molar-refractivity contribution in [2.45, 2.75) is 19.4 Å². The van der Waals surface area contributed by atoms with E-state index in [1.54, 1.807) is 24.4 Å². The molecule has 3 aromatic rings. The van der Waals surface area contributed by atoms with Crippen LogP contribution in [0.1, 0.15) is 35.6 Å². The first-order chi connectivity index (χ1) is 15.0. The summed E-state index contributed by atoms with van der Waals surface area (Å²) in [6.45, 7) is 1.80. The van der Waals surface area contributed by atoms with Crippen LogP contribution in [-0.2, 0) is 4.79 Å². The van der Waals surface area contributed by atoms with Gasteiger partial charge in [0.25, 0.3) is 5.91 Å². The largest absolute Gasteiger partial charge is 0.493 e. The number of aromatic amines is 1. The Morgan fingerprint density at radius 2 is 1.81 bits per heavy atom. The second-order valence-corrected chi connectivity index (χ2v) is 6.83. The van der Waals surface area contributed by atoms with Crippen molar-refractivity contribution in [1.29, 1.82) is 0 Å². The summed E-state index contributed by atoms with van der Waals surface area (Å²) in [5.41, 5.74) is 2.27. The number of carbonyl (C=O) groups excluding carboxylic acids is 2. The molecule has 1 atom stereocenters. The Labute approximate surface area is 181 Å². The van der Waals surface area contributed by atoms with Crippen LogP contribution in [0.3, 0.4) is 0 Å². The molecule has 0 bridgehead atoms. The van der Waals surface area contributed by atoms with Gasteiger partial charge < -0.3 is 25.1 Å². The highest BCUT2D eigenvalue weighted by Crippen LogP contribution is 2.27. The van der Waals surface area contributed by atoms with Crippen molar-refractivity contribution in [3.63, 3.8) is 0 Å². The fourth-order valence-corrected chi connectivity index (χ4v) is 3.13. The number of hydrogen-bond donors (Lipinski definition) is 3. The molecule has 1 aromatic heterocycles. The molecule has 0 radical (unpaired) electrons. The number of carbonyl (C=O) groups is 2. The van der Waals surface area contributed by atoms with E-state index in [-0.39, 0.29) is 24.4 Å². The molecule has 1 unspecified atom stereocenters. The molecule has 3 rings (SSSR count). The van der Waals surface area contributed by atoms with E-state index in [1.807, 2.05) is 37.3 Å². The standard InChI is InChI=1S/C23H26N4O4/c1-4-17(22-24-13-18(27-22)15-8-6-5-7-9-15)26-21(28)14-25-23(29)16-10-11-19(30-2)20(12-16)31-3/h5-13,17H,4,14H2,1-3H3,(H,24,27)(H,25,29)(H,26,28). The third-order valence-corrected chi connectivity index (χ3v) is 4.81. The third kappa shape index (κ3) is 5.42. The number of imidazole rings is 1. The highest BCUT2D eigenvalue weighted by atomic mass is 16.5. The Morgan fingerprint density at radius 1 is 1.06 bits per heavy atom. The van der Waals surface area contributed by atoms with Crippen LogP contribution in [0.4, 0.5) is 0 Å². The minimum absolute atomic E-state index is 0.157. The van der Waals surface area contributed by atoms with E-state index >= 15 is 0 Å². The minimum atomic E-state index is -0.381. The van der Waals surface area contributed by atoms with Gasteiger partial charge >= 0.3 is 0 Å². The number of H-pyrrole nitrogens is 1. The maximum Gasteiger partial charge on any atom is 0.251 e. The summed E-state index contributed by atoms with van der Waals surface area (Å²) in [7, 11) is 3.02. The molecule has 162 valence electrons. The lowest BCUT2D eigenvalue weighted by molar-refractivity contribution is -0.121.